The summed E-state index contributed by atoms with van der Waals surface area (Å²) in [4.78, 5) is 24.3. The Labute approximate surface area is 157 Å². The zero-order valence-corrected chi connectivity index (χ0v) is 14.3. The van der Waals surface area contributed by atoms with Gasteiger partial charge in [0.15, 0.2) is 6.29 Å². The van der Waals surface area contributed by atoms with Crippen LogP contribution in [0.15, 0.2) is 47.9 Å². The average Bonchev–Trinajstić information content (AvgIpc) is 3.60. The number of Topliss-reactive ketones (excluding diaryl/α,β-unsaturated/α-hetero) is 1. The lowest BCUT2D eigenvalue weighted by Gasteiger charge is -2.46. The first-order valence-corrected chi connectivity index (χ1v) is 8.86. The summed E-state index contributed by atoms with van der Waals surface area (Å²) >= 11 is 0. The van der Waals surface area contributed by atoms with Gasteiger partial charge in [0, 0.05) is 6.42 Å². The lowest BCUT2D eigenvalue weighted by atomic mass is 9.75. The van der Waals surface area contributed by atoms with Crippen LogP contribution in [0.3, 0.4) is 0 Å². The molecule has 1 saturated heterocycles. The van der Waals surface area contributed by atoms with Gasteiger partial charge in [-0.05, 0) is 17.5 Å². The van der Waals surface area contributed by atoms with Crippen LogP contribution in [0.25, 0.3) is 10.8 Å². The second-order valence-electron chi connectivity index (χ2n) is 7.36. The maximum absolute atomic E-state index is 13.0. The van der Waals surface area contributed by atoms with Crippen molar-refractivity contribution >= 4 is 22.8 Å². The van der Waals surface area contributed by atoms with Gasteiger partial charge in [-0.1, -0.05) is 24.3 Å². The van der Waals surface area contributed by atoms with E-state index in [-0.39, 0.29) is 17.9 Å². The first-order chi connectivity index (χ1) is 13.5. The van der Waals surface area contributed by atoms with Crippen LogP contribution in [-0.4, -0.2) is 52.0 Å². The third kappa shape index (κ3) is 1.80. The molecule has 8 heteroatoms. The minimum absolute atomic E-state index is 0.0823. The van der Waals surface area contributed by atoms with Gasteiger partial charge in [0.25, 0.3) is 0 Å². The molecule has 0 amide bonds. The molecule has 6 rings (SSSR count). The highest BCUT2D eigenvalue weighted by atomic mass is 16.8. The van der Waals surface area contributed by atoms with Gasteiger partial charge < -0.3 is 29.2 Å². The van der Waals surface area contributed by atoms with E-state index < -0.39 is 35.5 Å². The van der Waals surface area contributed by atoms with Crippen molar-refractivity contribution in [1.82, 2.24) is 0 Å². The molecule has 4 aliphatic rings. The summed E-state index contributed by atoms with van der Waals surface area (Å²) < 4.78 is 22.6. The summed E-state index contributed by atoms with van der Waals surface area (Å²) in [6.45, 7) is 0. The van der Waals surface area contributed by atoms with Gasteiger partial charge >= 0.3 is 5.79 Å². The Bertz CT molecular complexity index is 1060. The fourth-order valence-electron chi connectivity index (χ4n) is 4.29. The van der Waals surface area contributed by atoms with Crippen molar-refractivity contribution in [3.8, 4) is 11.5 Å². The number of ketones is 1. The summed E-state index contributed by atoms with van der Waals surface area (Å²) in [7, 11) is 0. The second-order valence-corrected chi connectivity index (χ2v) is 7.36. The van der Waals surface area contributed by atoms with Gasteiger partial charge in [-0.2, -0.15) is 0 Å². The van der Waals surface area contributed by atoms with Crippen LogP contribution in [0.2, 0.25) is 0 Å². The number of aliphatic hydroxyl groups excluding tert-OH is 1. The molecule has 2 N–H and O–H groups in total. The molecule has 2 aromatic rings. The van der Waals surface area contributed by atoms with E-state index in [9.17, 15) is 19.8 Å². The molecule has 2 aromatic carbocycles. The summed E-state index contributed by atoms with van der Waals surface area (Å²) in [5, 5.41) is 23.3. The first-order valence-electron chi connectivity index (χ1n) is 8.86. The van der Waals surface area contributed by atoms with E-state index in [4.69, 9.17) is 18.9 Å². The topological polar surface area (TPSA) is 118 Å². The zero-order valence-electron chi connectivity index (χ0n) is 14.3. The Balaban J connectivity index is 1.58. The number of rotatable bonds is 3. The lowest BCUT2D eigenvalue weighted by Crippen LogP contribution is -2.70. The quantitative estimate of drug-likeness (QED) is 0.585. The molecule has 2 fully saturated rings. The highest BCUT2D eigenvalue weighted by molar-refractivity contribution is 5.99. The highest BCUT2D eigenvalue weighted by Crippen LogP contribution is 2.55. The van der Waals surface area contributed by atoms with Crippen molar-refractivity contribution in [3.63, 3.8) is 0 Å². The van der Waals surface area contributed by atoms with Crippen molar-refractivity contribution in [1.29, 1.82) is 0 Å². The van der Waals surface area contributed by atoms with Crippen LogP contribution >= 0.6 is 0 Å². The molecular formula is C20H14O8. The standard InChI is InChI=1S/C20H14O8/c21-8-13-18(25-13)20(19(24)7-10(22)15-16(26-15)17(19)23)27-11-5-1-3-9-4-2-6-12(28-20)14(9)11/h1-6,8,10,15-16,22,24H,7H2. The molecule has 4 unspecified atom stereocenters. The summed E-state index contributed by atoms with van der Waals surface area (Å²) in [6.07, 6.45) is -2.63. The fourth-order valence-corrected chi connectivity index (χ4v) is 4.29. The molecule has 0 radical (unpaired) electrons. The molecule has 0 spiro atoms. The normalized spacial score (nSPS) is 34.1. The van der Waals surface area contributed by atoms with Crippen LogP contribution in [0.1, 0.15) is 6.42 Å². The van der Waals surface area contributed by atoms with E-state index in [1.54, 1.807) is 24.3 Å². The first kappa shape index (κ1) is 16.1. The highest BCUT2D eigenvalue weighted by Gasteiger charge is 2.76. The molecule has 28 heavy (non-hydrogen) atoms. The number of hydrogen-bond acceptors (Lipinski definition) is 8. The number of aldehydes is 1. The van der Waals surface area contributed by atoms with E-state index in [1.807, 2.05) is 12.1 Å². The Morgan fingerprint density at radius 3 is 2.39 bits per heavy atom. The van der Waals surface area contributed by atoms with E-state index in [1.165, 1.54) is 0 Å². The van der Waals surface area contributed by atoms with Crippen molar-refractivity contribution in [2.45, 2.75) is 36.1 Å². The number of epoxide rings is 1. The largest absolute Gasteiger partial charge is 0.442 e. The summed E-state index contributed by atoms with van der Waals surface area (Å²) in [5.74, 6) is -2.26. The molecule has 142 valence electrons. The van der Waals surface area contributed by atoms with Gasteiger partial charge in [0.2, 0.25) is 22.9 Å². The SMILES string of the molecule is O=CC1=C(C2(C3(O)CC(O)C4OC4C3=O)Oc3cccc4cccc(c34)O2)O1. The van der Waals surface area contributed by atoms with Crippen molar-refractivity contribution in [2.24, 2.45) is 0 Å². The number of fused-ring (bicyclic) bond motifs is 1. The third-order valence-electron chi connectivity index (χ3n) is 5.76. The maximum Gasteiger partial charge on any atom is 0.352 e. The van der Waals surface area contributed by atoms with E-state index >= 15 is 0 Å². The summed E-state index contributed by atoms with van der Waals surface area (Å²) in [5.41, 5.74) is -2.32. The predicted molar refractivity (Wildman–Crippen MR) is 91.4 cm³/mol. The van der Waals surface area contributed by atoms with E-state index in [0.717, 1.165) is 5.39 Å². The number of benzene rings is 2. The number of allylic oxidation sites excluding steroid dienone is 1. The molecule has 1 saturated carbocycles. The van der Waals surface area contributed by atoms with Crippen molar-refractivity contribution in [3.05, 3.63) is 47.9 Å². The second kappa shape index (κ2) is 4.91. The molecular weight excluding hydrogens is 368 g/mol. The van der Waals surface area contributed by atoms with Gasteiger partial charge in [0.05, 0.1) is 11.5 Å². The van der Waals surface area contributed by atoms with Gasteiger partial charge in [-0.15, -0.1) is 0 Å². The molecule has 1 aliphatic carbocycles. The van der Waals surface area contributed by atoms with Crippen LogP contribution in [0.4, 0.5) is 0 Å². The molecule has 0 aromatic heterocycles. The molecule has 4 atom stereocenters. The van der Waals surface area contributed by atoms with Crippen LogP contribution < -0.4 is 9.47 Å². The fraction of sp³-hybridized carbons (Fsp3) is 0.300. The number of ether oxygens (including phenoxy) is 4. The summed E-state index contributed by atoms with van der Waals surface area (Å²) in [6, 6.07) is 10.6. The number of carbonyl (C=O) groups is 2. The van der Waals surface area contributed by atoms with Gasteiger partial charge in [0.1, 0.15) is 23.7 Å². The van der Waals surface area contributed by atoms with Crippen LogP contribution in [-0.2, 0) is 19.1 Å². The Morgan fingerprint density at radius 1 is 1.11 bits per heavy atom. The monoisotopic (exact) mass is 382 g/mol. The van der Waals surface area contributed by atoms with Crippen LogP contribution in [0.5, 0.6) is 11.5 Å². The zero-order chi connectivity index (χ0) is 19.3. The molecule has 3 heterocycles. The number of hydrogen-bond donors (Lipinski definition) is 2. The van der Waals surface area contributed by atoms with Gasteiger partial charge in [-0.25, -0.2) is 0 Å². The predicted octanol–water partition coefficient (Wildman–Crippen LogP) is 0.580. The minimum Gasteiger partial charge on any atom is -0.442 e. The third-order valence-corrected chi connectivity index (χ3v) is 5.76. The van der Waals surface area contributed by atoms with Crippen LogP contribution in [0, 0.1) is 0 Å². The average molecular weight is 382 g/mol. The Hall–Kier alpha value is -2.94. The minimum atomic E-state index is -2.32. The molecule has 3 aliphatic heterocycles. The van der Waals surface area contributed by atoms with Crippen molar-refractivity contribution in [2.75, 3.05) is 0 Å². The van der Waals surface area contributed by atoms with Gasteiger partial charge in [-0.3, -0.25) is 9.59 Å². The maximum atomic E-state index is 13.0. The lowest BCUT2D eigenvalue weighted by molar-refractivity contribution is -0.232. The van der Waals surface area contributed by atoms with E-state index in [2.05, 4.69) is 0 Å². The smallest absolute Gasteiger partial charge is 0.352 e. The number of carbonyl (C=O) groups excluding carboxylic acids is 2. The Morgan fingerprint density at radius 2 is 1.79 bits per heavy atom. The molecule has 8 nitrogen and oxygen atoms in total. The number of aliphatic hydroxyl groups is 2. The molecule has 0 bridgehead atoms. The van der Waals surface area contributed by atoms with E-state index in [0.29, 0.717) is 23.2 Å². The Kier molecular flexibility index (Phi) is 2.81. The van der Waals surface area contributed by atoms with Crippen molar-refractivity contribution < 1.29 is 38.7 Å².